The topological polar surface area (TPSA) is 44.4 Å². The number of nitrogens with one attached hydrogen (secondary N) is 2. The first-order valence-electron chi connectivity index (χ1n) is 6.56. The van der Waals surface area contributed by atoms with Gasteiger partial charge in [0.1, 0.15) is 0 Å². The molecule has 0 saturated carbocycles. The van der Waals surface area contributed by atoms with Gasteiger partial charge >= 0.3 is 0 Å². The van der Waals surface area contributed by atoms with Crippen molar-refractivity contribution in [2.24, 2.45) is 11.8 Å². The second-order valence-corrected chi connectivity index (χ2v) is 6.21. The van der Waals surface area contributed by atoms with Crippen molar-refractivity contribution >= 4 is 17.7 Å². The summed E-state index contributed by atoms with van der Waals surface area (Å²) in [5.74, 6) is 3.34. The van der Waals surface area contributed by atoms with Crippen molar-refractivity contribution in [3.8, 4) is 0 Å². The number of hydrogen-bond acceptors (Lipinski definition) is 4. The van der Waals surface area contributed by atoms with Gasteiger partial charge in [-0.3, -0.25) is 9.69 Å². The highest BCUT2D eigenvalue weighted by molar-refractivity contribution is 7.99. The maximum Gasteiger partial charge on any atom is 0.224 e. The summed E-state index contributed by atoms with van der Waals surface area (Å²) in [6, 6.07) is 0. The SMILES string of the molecule is C[C@@H]1CNC[C@H]1C(=O)NCCN1CCSCC1. The van der Waals surface area contributed by atoms with E-state index in [1.807, 2.05) is 11.8 Å². The Morgan fingerprint density at radius 1 is 1.41 bits per heavy atom. The van der Waals surface area contributed by atoms with E-state index in [2.05, 4.69) is 22.5 Å². The molecule has 0 radical (unpaired) electrons. The van der Waals surface area contributed by atoms with E-state index in [1.54, 1.807) is 0 Å². The zero-order valence-electron chi connectivity index (χ0n) is 10.6. The highest BCUT2D eigenvalue weighted by atomic mass is 32.2. The summed E-state index contributed by atoms with van der Waals surface area (Å²) in [6.45, 7) is 8.10. The van der Waals surface area contributed by atoms with E-state index in [-0.39, 0.29) is 11.8 Å². The molecule has 0 aromatic rings. The fourth-order valence-corrected chi connectivity index (χ4v) is 3.43. The molecule has 0 spiro atoms. The van der Waals surface area contributed by atoms with Gasteiger partial charge in [-0.2, -0.15) is 11.8 Å². The monoisotopic (exact) mass is 257 g/mol. The lowest BCUT2D eigenvalue weighted by atomic mass is 9.97. The Balaban J connectivity index is 1.62. The lowest BCUT2D eigenvalue weighted by molar-refractivity contribution is -0.125. The number of nitrogens with zero attached hydrogens (tertiary/aromatic N) is 1. The van der Waals surface area contributed by atoms with E-state index in [0.717, 1.165) is 26.2 Å². The first-order valence-corrected chi connectivity index (χ1v) is 7.71. The van der Waals surface area contributed by atoms with Gasteiger partial charge in [-0.25, -0.2) is 0 Å². The minimum absolute atomic E-state index is 0.173. The van der Waals surface area contributed by atoms with Crippen LogP contribution in [-0.2, 0) is 4.79 Å². The molecular weight excluding hydrogens is 234 g/mol. The molecule has 2 heterocycles. The van der Waals surface area contributed by atoms with Crippen LogP contribution in [0.3, 0.4) is 0 Å². The molecule has 0 aromatic heterocycles. The van der Waals surface area contributed by atoms with Gasteiger partial charge in [-0.1, -0.05) is 6.92 Å². The Morgan fingerprint density at radius 3 is 2.82 bits per heavy atom. The number of hydrogen-bond donors (Lipinski definition) is 2. The standard InChI is InChI=1S/C12H23N3OS/c1-10-8-13-9-11(10)12(16)14-2-3-15-4-6-17-7-5-15/h10-11,13H,2-9H2,1H3,(H,14,16)/t10-,11-/m1/s1. The quantitative estimate of drug-likeness (QED) is 0.744. The molecule has 17 heavy (non-hydrogen) atoms. The summed E-state index contributed by atoms with van der Waals surface area (Å²) in [4.78, 5) is 14.4. The number of amides is 1. The van der Waals surface area contributed by atoms with E-state index in [9.17, 15) is 4.79 Å². The molecule has 2 rings (SSSR count). The highest BCUT2D eigenvalue weighted by Gasteiger charge is 2.29. The minimum Gasteiger partial charge on any atom is -0.355 e. The molecule has 4 nitrogen and oxygen atoms in total. The zero-order valence-corrected chi connectivity index (χ0v) is 11.4. The van der Waals surface area contributed by atoms with Gasteiger partial charge in [-0.05, 0) is 12.5 Å². The van der Waals surface area contributed by atoms with Crippen LogP contribution in [0.5, 0.6) is 0 Å². The van der Waals surface area contributed by atoms with Crippen molar-refractivity contribution in [2.45, 2.75) is 6.92 Å². The summed E-state index contributed by atoms with van der Waals surface area (Å²) < 4.78 is 0. The molecule has 2 aliphatic rings. The first-order chi connectivity index (χ1) is 8.27. The van der Waals surface area contributed by atoms with Gasteiger partial charge in [0.05, 0.1) is 5.92 Å². The molecule has 0 aliphatic carbocycles. The second kappa shape index (κ2) is 6.61. The first kappa shape index (κ1) is 13.2. The zero-order chi connectivity index (χ0) is 12.1. The fraction of sp³-hybridized carbons (Fsp3) is 0.917. The van der Waals surface area contributed by atoms with Crippen LogP contribution in [0.1, 0.15) is 6.92 Å². The van der Waals surface area contributed by atoms with Crippen LogP contribution in [0, 0.1) is 11.8 Å². The van der Waals surface area contributed by atoms with Crippen LogP contribution in [0.2, 0.25) is 0 Å². The normalized spacial score (nSPS) is 30.4. The van der Waals surface area contributed by atoms with Crippen LogP contribution in [-0.4, -0.2) is 61.6 Å². The molecule has 0 aromatic carbocycles. The van der Waals surface area contributed by atoms with Gasteiger partial charge < -0.3 is 10.6 Å². The molecule has 5 heteroatoms. The summed E-state index contributed by atoms with van der Waals surface area (Å²) in [5, 5.41) is 6.34. The van der Waals surface area contributed by atoms with Crippen molar-refractivity contribution in [1.82, 2.24) is 15.5 Å². The minimum atomic E-state index is 0.173. The van der Waals surface area contributed by atoms with E-state index in [0.29, 0.717) is 5.92 Å². The Kier molecular flexibility index (Phi) is 5.13. The molecule has 2 aliphatic heterocycles. The Morgan fingerprint density at radius 2 is 2.18 bits per heavy atom. The van der Waals surface area contributed by atoms with Crippen molar-refractivity contribution < 1.29 is 4.79 Å². The molecule has 2 saturated heterocycles. The van der Waals surface area contributed by atoms with Crippen LogP contribution < -0.4 is 10.6 Å². The lowest BCUT2D eigenvalue weighted by Gasteiger charge is -2.26. The van der Waals surface area contributed by atoms with Crippen LogP contribution in [0.15, 0.2) is 0 Å². The van der Waals surface area contributed by atoms with Gasteiger partial charge in [0.25, 0.3) is 0 Å². The Bertz CT molecular complexity index is 256. The van der Waals surface area contributed by atoms with Gasteiger partial charge in [0.2, 0.25) is 5.91 Å². The average molecular weight is 257 g/mol. The van der Waals surface area contributed by atoms with Crippen molar-refractivity contribution in [1.29, 1.82) is 0 Å². The van der Waals surface area contributed by atoms with Crippen molar-refractivity contribution in [3.63, 3.8) is 0 Å². The number of carbonyl (C=O) groups excluding carboxylic acids is 1. The molecule has 2 N–H and O–H groups in total. The third-order valence-corrected chi connectivity index (χ3v) is 4.63. The van der Waals surface area contributed by atoms with Gasteiger partial charge in [0.15, 0.2) is 0 Å². The highest BCUT2D eigenvalue weighted by Crippen LogP contribution is 2.15. The summed E-state index contributed by atoms with van der Waals surface area (Å²) in [6.07, 6.45) is 0. The third kappa shape index (κ3) is 3.86. The molecule has 98 valence electrons. The third-order valence-electron chi connectivity index (χ3n) is 3.69. The summed E-state index contributed by atoms with van der Waals surface area (Å²) >= 11 is 2.02. The molecule has 2 atom stereocenters. The maximum atomic E-state index is 11.9. The van der Waals surface area contributed by atoms with Crippen LogP contribution in [0.4, 0.5) is 0 Å². The summed E-state index contributed by atoms with van der Waals surface area (Å²) in [5.41, 5.74) is 0. The number of carbonyl (C=O) groups is 1. The van der Waals surface area contributed by atoms with Gasteiger partial charge in [0, 0.05) is 44.2 Å². The molecule has 2 fully saturated rings. The molecule has 1 amide bonds. The predicted octanol–water partition coefficient (Wildman–Crippen LogP) is 0.00690. The second-order valence-electron chi connectivity index (χ2n) is 4.99. The number of thioether (sulfide) groups is 1. The molecule has 0 bridgehead atoms. The maximum absolute atomic E-state index is 11.9. The smallest absolute Gasteiger partial charge is 0.224 e. The Labute approximate surface area is 108 Å². The predicted molar refractivity (Wildman–Crippen MR) is 72.3 cm³/mol. The van der Waals surface area contributed by atoms with Crippen molar-refractivity contribution in [2.75, 3.05) is 50.8 Å². The molecular formula is C12H23N3OS. The van der Waals surface area contributed by atoms with E-state index in [1.165, 1.54) is 24.6 Å². The Hall–Kier alpha value is -0.260. The fourth-order valence-electron chi connectivity index (χ4n) is 2.45. The van der Waals surface area contributed by atoms with E-state index < -0.39 is 0 Å². The van der Waals surface area contributed by atoms with E-state index >= 15 is 0 Å². The van der Waals surface area contributed by atoms with Crippen LogP contribution in [0.25, 0.3) is 0 Å². The average Bonchev–Trinajstić information content (AvgIpc) is 2.77. The van der Waals surface area contributed by atoms with E-state index in [4.69, 9.17) is 0 Å². The van der Waals surface area contributed by atoms with Crippen LogP contribution >= 0.6 is 11.8 Å². The van der Waals surface area contributed by atoms with Crippen molar-refractivity contribution in [3.05, 3.63) is 0 Å². The number of rotatable bonds is 4. The molecule has 0 unspecified atom stereocenters. The summed E-state index contributed by atoms with van der Waals surface area (Å²) in [7, 11) is 0. The largest absolute Gasteiger partial charge is 0.355 e. The van der Waals surface area contributed by atoms with Gasteiger partial charge in [-0.15, -0.1) is 0 Å². The lowest BCUT2D eigenvalue weighted by Crippen LogP contribution is -2.41.